The molecular weight excluding hydrogens is 142 g/mol. The summed E-state index contributed by atoms with van der Waals surface area (Å²) in [6.45, 7) is 2.47. The van der Waals surface area contributed by atoms with E-state index in [0.717, 1.165) is 25.9 Å². The molecule has 1 unspecified atom stereocenters. The molecule has 1 atom stereocenters. The molecule has 0 heterocycles. The summed E-state index contributed by atoms with van der Waals surface area (Å²) in [6.07, 6.45) is 1.65. The predicted molar refractivity (Wildman–Crippen MR) is 46.2 cm³/mol. The van der Waals surface area contributed by atoms with E-state index in [9.17, 15) is 0 Å². The van der Waals surface area contributed by atoms with Gasteiger partial charge in [0.15, 0.2) is 0 Å². The van der Waals surface area contributed by atoms with Gasteiger partial charge in [0, 0.05) is 32.3 Å². The van der Waals surface area contributed by atoms with E-state index in [4.69, 9.17) is 16.6 Å². The molecular formula is C7H19N3O. The highest BCUT2D eigenvalue weighted by Crippen LogP contribution is 1.90. The number of rotatable bonds is 7. The molecule has 0 spiro atoms. The molecule has 0 aliphatic heterocycles. The molecule has 0 aliphatic rings. The second-order valence-electron chi connectivity index (χ2n) is 2.62. The lowest BCUT2D eigenvalue weighted by Gasteiger charge is -2.10. The van der Waals surface area contributed by atoms with Gasteiger partial charge >= 0.3 is 0 Å². The van der Waals surface area contributed by atoms with Gasteiger partial charge in [-0.05, 0) is 12.8 Å². The Hall–Kier alpha value is -0.160. The van der Waals surface area contributed by atoms with Crippen LogP contribution in [-0.2, 0) is 0 Å². The fourth-order valence-electron chi connectivity index (χ4n) is 0.845. The fraction of sp³-hybridized carbons (Fsp3) is 1.00. The first kappa shape index (κ1) is 10.8. The van der Waals surface area contributed by atoms with Crippen LogP contribution in [0.2, 0.25) is 0 Å². The van der Waals surface area contributed by atoms with E-state index in [1.807, 2.05) is 0 Å². The molecule has 11 heavy (non-hydrogen) atoms. The van der Waals surface area contributed by atoms with Gasteiger partial charge in [0.2, 0.25) is 0 Å². The van der Waals surface area contributed by atoms with Crippen molar-refractivity contribution in [3.8, 4) is 0 Å². The minimum atomic E-state index is 0.147. The molecule has 0 aromatic rings. The SMILES string of the molecule is NCCNCC(N)CCCO. The van der Waals surface area contributed by atoms with Crippen LogP contribution >= 0.6 is 0 Å². The summed E-state index contributed by atoms with van der Waals surface area (Å²) in [6, 6.07) is 0.147. The van der Waals surface area contributed by atoms with Gasteiger partial charge in [-0.15, -0.1) is 0 Å². The van der Waals surface area contributed by atoms with Crippen molar-refractivity contribution < 1.29 is 5.11 Å². The molecule has 0 fully saturated rings. The average molecular weight is 161 g/mol. The maximum atomic E-state index is 8.49. The maximum absolute atomic E-state index is 8.49. The van der Waals surface area contributed by atoms with Crippen molar-refractivity contribution in [1.82, 2.24) is 5.32 Å². The van der Waals surface area contributed by atoms with Crippen LogP contribution in [0.1, 0.15) is 12.8 Å². The van der Waals surface area contributed by atoms with Crippen molar-refractivity contribution in [3.63, 3.8) is 0 Å². The van der Waals surface area contributed by atoms with Crippen molar-refractivity contribution in [2.24, 2.45) is 11.5 Å². The summed E-state index contributed by atoms with van der Waals surface area (Å²) in [5.41, 5.74) is 11.0. The van der Waals surface area contributed by atoms with E-state index >= 15 is 0 Å². The summed E-state index contributed by atoms with van der Waals surface area (Å²) < 4.78 is 0. The van der Waals surface area contributed by atoms with Crippen LogP contribution in [0, 0.1) is 0 Å². The third kappa shape index (κ3) is 7.74. The number of nitrogens with two attached hydrogens (primary N) is 2. The smallest absolute Gasteiger partial charge is 0.0431 e. The Kier molecular flexibility index (Phi) is 7.83. The van der Waals surface area contributed by atoms with Crippen molar-refractivity contribution >= 4 is 0 Å². The third-order valence-electron chi connectivity index (χ3n) is 1.46. The van der Waals surface area contributed by atoms with Gasteiger partial charge in [0.25, 0.3) is 0 Å². The van der Waals surface area contributed by atoms with E-state index in [0.29, 0.717) is 6.54 Å². The highest BCUT2D eigenvalue weighted by molar-refractivity contribution is 4.64. The number of hydrogen-bond donors (Lipinski definition) is 4. The minimum Gasteiger partial charge on any atom is -0.396 e. The van der Waals surface area contributed by atoms with Gasteiger partial charge in [-0.3, -0.25) is 0 Å². The largest absolute Gasteiger partial charge is 0.396 e. The van der Waals surface area contributed by atoms with E-state index in [2.05, 4.69) is 5.32 Å². The Balaban J connectivity index is 3.02. The molecule has 68 valence electrons. The third-order valence-corrected chi connectivity index (χ3v) is 1.46. The molecule has 0 bridgehead atoms. The van der Waals surface area contributed by atoms with Gasteiger partial charge in [-0.1, -0.05) is 0 Å². The fourth-order valence-corrected chi connectivity index (χ4v) is 0.845. The zero-order valence-corrected chi connectivity index (χ0v) is 6.92. The molecule has 0 saturated heterocycles. The summed E-state index contributed by atoms with van der Waals surface area (Å²) in [4.78, 5) is 0. The van der Waals surface area contributed by atoms with E-state index in [1.165, 1.54) is 0 Å². The predicted octanol–water partition coefficient (Wildman–Crippen LogP) is -1.37. The molecule has 0 radical (unpaired) electrons. The van der Waals surface area contributed by atoms with Gasteiger partial charge < -0.3 is 21.9 Å². The Morgan fingerprint density at radius 2 is 2.18 bits per heavy atom. The normalized spacial score (nSPS) is 13.4. The minimum absolute atomic E-state index is 0.147. The monoisotopic (exact) mass is 161 g/mol. The quantitative estimate of drug-likeness (QED) is 0.347. The van der Waals surface area contributed by atoms with Crippen LogP contribution in [0.5, 0.6) is 0 Å². The Bertz CT molecular complexity index is 80.1. The lowest BCUT2D eigenvalue weighted by atomic mass is 10.2. The Morgan fingerprint density at radius 1 is 1.45 bits per heavy atom. The lowest BCUT2D eigenvalue weighted by molar-refractivity contribution is 0.279. The number of aliphatic hydroxyl groups is 1. The van der Waals surface area contributed by atoms with Crippen LogP contribution in [0.25, 0.3) is 0 Å². The topological polar surface area (TPSA) is 84.3 Å². The van der Waals surface area contributed by atoms with E-state index in [1.54, 1.807) is 0 Å². The highest BCUT2D eigenvalue weighted by Gasteiger charge is 1.99. The van der Waals surface area contributed by atoms with Crippen molar-refractivity contribution in [2.75, 3.05) is 26.2 Å². The zero-order valence-electron chi connectivity index (χ0n) is 6.92. The average Bonchev–Trinajstić information content (AvgIpc) is 2.01. The first-order valence-corrected chi connectivity index (χ1v) is 4.08. The van der Waals surface area contributed by atoms with Gasteiger partial charge in [-0.2, -0.15) is 0 Å². The molecule has 4 nitrogen and oxygen atoms in total. The second-order valence-corrected chi connectivity index (χ2v) is 2.62. The van der Waals surface area contributed by atoms with E-state index in [-0.39, 0.29) is 12.6 Å². The van der Waals surface area contributed by atoms with Crippen LogP contribution in [0.3, 0.4) is 0 Å². The van der Waals surface area contributed by atoms with Crippen LogP contribution in [0.15, 0.2) is 0 Å². The summed E-state index contributed by atoms with van der Waals surface area (Å²) >= 11 is 0. The van der Waals surface area contributed by atoms with Gasteiger partial charge in [0.1, 0.15) is 0 Å². The molecule has 0 aliphatic carbocycles. The van der Waals surface area contributed by atoms with Crippen LogP contribution in [-0.4, -0.2) is 37.4 Å². The zero-order chi connectivity index (χ0) is 8.53. The maximum Gasteiger partial charge on any atom is 0.0431 e. The molecule has 0 saturated carbocycles. The van der Waals surface area contributed by atoms with Gasteiger partial charge in [-0.25, -0.2) is 0 Å². The van der Waals surface area contributed by atoms with Crippen molar-refractivity contribution in [3.05, 3.63) is 0 Å². The Morgan fingerprint density at radius 3 is 2.73 bits per heavy atom. The summed E-state index contributed by atoms with van der Waals surface area (Å²) in [5.74, 6) is 0. The second kappa shape index (κ2) is 7.94. The molecule has 0 aromatic heterocycles. The Labute approximate surface area is 68.0 Å². The summed E-state index contributed by atoms with van der Waals surface area (Å²) in [7, 11) is 0. The molecule has 6 N–H and O–H groups in total. The first-order valence-electron chi connectivity index (χ1n) is 4.08. The molecule has 0 amide bonds. The van der Waals surface area contributed by atoms with Crippen LogP contribution < -0.4 is 16.8 Å². The molecule has 4 heteroatoms. The van der Waals surface area contributed by atoms with Crippen molar-refractivity contribution in [1.29, 1.82) is 0 Å². The van der Waals surface area contributed by atoms with Crippen molar-refractivity contribution in [2.45, 2.75) is 18.9 Å². The number of hydrogen-bond acceptors (Lipinski definition) is 4. The molecule has 0 rings (SSSR count). The first-order chi connectivity index (χ1) is 5.31. The number of nitrogens with one attached hydrogen (secondary N) is 1. The molecule has 0 aromatic carbocycles. The number of aliphatic hydroxyl groups excluding tert-OH is 1. The lowest BCUT2D eigenvalue weighted by Crippen LogP contribution is -2.36. The standard InChI is InChI=1S/C7H19N3O/c8-3-4-10-6-7(9)2-1-5-11/h7,10-11H,1-6,8-9H2. The van der Waals surface area contributed by atoms with Gasteiger partial charge in [0.05, 0.1) is 0 Å². The summed E-state index contributed by atoms with van der Waals surface area (Å²) in [5, 5.41) is 11.6. The highest BCUT2D eigenvalue weighted by atomic mass is 16.2. The van der Waals surface area contributed by atoms with E-state index < -0.39 is 0 Å². The van der Waals surface area contributed by atoms with Crippen LogP contribution in [0.4, 0.5) is 0 Å².